The summed E-state index contributed by atoms with van der Waals surface area (Å²) in [5.41, 5.74) is 2.54. The molecule has 0 radical (unpaired) electrons. The number of hydrogen-bond acceptors (Lipinski definition) is 3. The summed E-state index contributed by atoms with van der Waals surface area (Å²) in [6.07, 6.45) is -0.208. The lowest BCUT2D eigenvalue weighted by Crippen LogP contribution is -2.21. The number of nitrogens with zero attached hydrogens (tertiary/aromatic N) is 1. The van der Waals surface area contributed by atoms with Crippen LogP contribution in [0.25, 0.3) is 0 Å². The highest BCUT2D eigenvalue weighted by Gasteiger charge is 2.10. The Morgan fingerprint density at radius 2 is 1.64 bits per heavy atom. The third-order valence-corrected chi connectivity index (χ3v) is 3.08. The number of rotatable bonds is 5. The van der Waals surface area contributed by atoms with Crippen LogP contribution < -0.4 is 10.7 Å². The molecular weight excluding hydrogens is 335 g/mol. The molecule has 0 spiro atoms. The van der Waals surface area contributed by atoms with Crippen LogP contribution in [0, 0.1) is 17.5 Å². The lowest BCUT2D eigenvalue weighted by Gasteiger charge is -2.06. The van der Waals surface area contributed by atoms with E-state index in [1.807, 2.05) is 0 Å². The zero-order chi connectivity index (χ0) is 18.4. The number of nitrogens with one attached hydrogen (secondary N) is 2. The summed E-state index contributed by atoms with van der Waals surface area (Å²) in [5, 5.41) is 6.03. The minimum atomic E-state index is -0.896. The summed E-state index contributed by atoms with van der Waals surface area (Å²) in [7, 11) is 0. The summed E-state index contributed by atoms with van der Waals surface area (Å²) < 4.78 is 39.0. The van der Waals surface area contributed by atoms with Crippen molar-refractivity contribution in [1.29, 1.82) is 0 Å². The van der Waals surface area contributed by atoms with Crippen LogP contribution in [0.3, 0.4) is 0 Å². The molecule has 2 aromatic carbocycles. The van der Waals surface area contributed by atoms with Crippen LogP contribution in [0.5, 0.6) is 0 Å². The maximum Gasteiger partial charge on any atom is 0.271 e. The summed E-state index contributed by atoms with van der Waals surface area (Å²) in [5.74, 6) is -3.27. The number of carbonyl (C=O) groups excluding carboxylic acids is 2. The minimum Gasteiger partial charge on any atom is -0.323 e. The van der Waals surface area contributed by atoms with Gasteiger partial charge in [0.15, 0.2) is 0 Å². The fourth-order valence-corrected chi connectivity index (χ4v) is 1.87. The van der Waals surface area contributed by atoms with Gasteiger partial charge in [-0.3, -0.25) is 9.59 Å². The molecule has 5 nitrogen and oxygen atoms in total. The van der Waals surface area contributed by atoms with E-state index in [0.717, 1.165) is 24.3 Å². The quantitative estimate of drug-likeness (QED) is 0.643. The van der Waals surface area contributed by atoms with Gasteiger partial charge in [-0.1, -0.05) is 0 Å². The van der Waals surface area contributed by atoms with E-state index in [1.54, 1.807) is 0 Å². The molecule has 0 bridgehead atoms. The first-order valence-corrected chi connectivity index (χ1v) is 7.19. The van der Waals surface area contributed by atoms with Crippen LogP contribution in [-0.2, 0) is 4.79 Å². The minimum absolute atomic E-state index is 0.158. The molecule has 2 amide bonds. The standard InChI is InChI=1S/C17H14F3N3O2/c1-10(22-23-17(25)11-2-4-12(18)5-3-11)8-16(24)21-15-7-6-13(19)9-14(15)20/h2-7,9H,8H2,1H3,(H,21,24)(H,23,25)/b22-10+. The van der Waals surface area contributed by atoms with Crippen molar-refractivity contribution in [1.82, 2.24) is 5.43 Å². The SMILES string of the molecule is C/C(CC(=O)Nc1ccc(F)cc1F)=N\NC(=O)c1ccc(F)cc1. The van der Waals surface area contributed by atoms with E-state index in [1.165, 1.54) is 19.1 Å². The molecule has 0 aliphatic carbocycles. The van der Waals surface area contributed by atoms with E-state index < -0.39 is 29.3 Å². The molecular formula is C17H14F3N3O2. The van der Waals surface area contributed by atoms with E-state index >= 15 is 0 Å². The average molecular weight is 349 g/mol. The zero-order valence-electron chi connectivity index (χ0n) is 13.1. The zero-order valence-corrected chi connectivity index (χ0v) is 13.1. The number of hydrogen-bond donors (Lipinski definition) is 2. The number of hydrazone groups is 1. The predicted octanol–water partition coefficient (Wildman–Crippen LogP) is 3.24. The molecule has 0 saturated carbocycles. The molecule has 0 fully saturated rings. The summed E-state index contributed by atoms with van der Waals surface area (Å²) >= 11 is 0. The second-order valence-corrected chi connectivity index (χ2v) is 5.14. The van der Waals surface area contributed by atoms with E-state index in [4.69, 9.17) is 0 Å². The van der Waals surface area contributed by atoms with Gasteiger partial charge in [0.05, 0.1) is 12.1 Å². The largest absolute Gasteiger partial charge is 0.323 e. The van der Waals surface area contributed by atoms with Crippen molar-refractivity contribution in [2.45, 2.75) is 13.3 Å². The van der Waals surface area contributed by atoms with Crippen LogP contribution in [0.4, 0.5) is 18.9 Å². The highest BCUT2D eigenvalue weighted by molar-refractivity contribution is 6.06. The van der Waals surface area contributed by atoms with Crippen molar-refractivity contribution in [2.24, 2.45) is 5.10 Å². The third-order valence-electron chi connectivity index (χ3n) is 3.08. The van der Waals surface area contributed by atoms with Crippen molar-refractivity contribution in [3.8, 4) is 0 Å². The lowest BCUT2D eigenvalue weighted by molar-refractivity contribution is -0.115. The fraction of sp³-hybridized carbons (Fsp3) is 0.118. The van der Waals surface area contributed by atoms with E-state index in [9.17, 15) is 22.8 Å². The Labute approximate surface area is 141 Å². The Morgan fingerprint density at radius 1 is 1.00 bits per heavy atom. The molecule has 0 heterocycles. The van der Waals surface area contributed by atoms with E-state index in [0.29, 0.717) is 6.07 Å². The molecule has 2 aromatic rings. The number of amides is 2. The second kappa shape index (κ2) is 8.09. The van der Waals surface area contributed by atoms with Gasteiger partial charge in [0.2, 0.25) is 5.91 Å². The normalized spacial score (nSPS) is 11.1. The van der Waals surface area contributed by atoms with Gasteiger partial charge in [0.1, 0.15) is 17.5 Å². The van der Waals surface area contributed by atoms with Crippen molar-refractivity contribution in [3.05, 3.63) is 65.5 Å². The highest BCUT2D eigenvalue weighted by atomic mass is 19.1. The van der Waals surface area contributed by atoms with Gasteiger partial charge in [0, 0.05) is 17.3 Å². The summed E-state index contributed by atoms with van der Waals surface area (Å²) in [6.45, 7) is 1.49. The smallest absolute Gasteiger partial charge is 0.271 e. The molecule has 0 saturated heterocycles. The molecule has 8 heteroatoms. The molecule has 0 aliphatic rings. The Bertz CT molecular complexity index is 820. The molecule has 2 rings (SSSR count). The maximum absolute atomic E-state index is 13.4. The van der Waals surface area contributed by atoms with E-state index in [-0.39, 0.29) is 23.4 Å². The lowest BCUT2D eigenvalue weighted by atomic mass is 10.2. The van der Waals surface area contributed by atoms with Crippen LogP contribution in [0.1, 0.15) is 23.7 Å². The van der Waals surface area contributed by atoms with Gasteiger partial charge in [0.25, 0.3) is 5.91 Å². The Morgan fingerprint density at radius 3 is 2.28 bits per heavy atom. The van der Waals surface area contributed by atoms with Gasteiger partial charge in [-0.25, -0.2) is 18.6 Å². The molecule has 2 N–H and O–H groups in total. The van der Waals surface area contributed by atoms with Gasteiger partial charge in [-0.05, 0) is 43.3 Å². The van der Waals surface area contributed by atoms with Crippen LogP contribution in [0.15, 0.2) is 47.6 Å². The predicted molar refractivity (Wildman–Crippen MR) is 86.6 cm³/mol. The van der Waals surface area contributed by atoms with Gasteiger partial charge < -0.3 is 5.32 Å². The van der Waals surface area contributed by atoms with Crippen molar-refractivity contribution < 1.29 is 22.8 Å². The maximum atomic E-state index is 13.4. The molecule has 25 heavy (non-hydrogen) atoms. The first-order chi connectivity index (χ1) is 11.8. The molecule has 0 aromatic heterocycles. The van der Waals surface area contributed by atoms with Crippen LogP contribution >= 0.6 is 0 Å². The number of carbonyl (C=O) groups is 2. The van der Waals surface area contributed by atoms with Crippen molar-refractivity contribution in [2.75, 3.05) is 5.32 Å². The van der Waals surface area contributed by atoms with Gasteiger partial charge in [-0.2, -0.15) is 5.10 Å². The Hall–Kier alpha value is -3.16. The first kappa shape index (κ1) is 18.2. The molecule has 0 aliphatic heterocycles. The third kappa shape index (κ3) is 5.45. The Balaban J connectivity index is 1.90. The first-order valence-electron chi connectivity index (χ1n) is 7.19. The number of benzene rings is 2. The Kier molecular flexibility index (Phi) is 5.89. The van der Waals surface area contributed by atoms with Gasteiger partial charge >= 0.3 is 0 Å². The van der Waals surface area contributed by atoms with Crippen molar-refractivity contribution >= 4 is 23.2 Å². The summed E-state index contributed by atoms with van der Waals surface area (Å²) in [6, 6.07) is 7.62. The van der Waals surface area contributed by atoms with Crippen LogP contribution in [0.2, 0.25) is 0 Å². The molecule has 0 unspecified atom stereocenters. The summed E-state index contributed by atoms with van der Waals surface area (Å²) in [4.78, 5) is 23.6. The highest BCUT2D eigenvalue weighted by Crippen LogP contribution is 2.15. The fourth-order valence-electron chi connectivity index (χ4n) is 1.87. The molecule has 0 atom stereocenters. The number of halogens is 3. The second-order valence-electron chi connectivity index (χ2n) is 5.14. The topological polar surface area (TPSA) is 70.6 Å². The number of anilines is 1. The average Bonchev–Trinajstić information content (AvgIpc) is 2.56. The molecule has 130 valence electrons. The van der Waals surface area contributed by atoms with Gasteiger partial charge in [-0.15, -0.1) is 0 Å². The van der Waals surface area contributed by atoms with E-state index in [2.05, 4.69) is 15.8 Å². The van der Waals surface area contributed by atoms with Crippen LogP contribution in [-0.4, -0.2) is 17.5 Å². The van der Waals surface area contributed by atoms with Crippen molar-refractivity contribution in [3.63, 3.8) is 0 Å². The monoisotopic (exact) mass is 349 g/mol.